The first-order valence-corrected chi connectivity index (χ1v) is 5.21. The number of nitrogens with zero attached hydrogens (tertiary/aromatic N) is 1. The monoisotopic (exact) mass is 258 g/mol. The van der Waals surface area contributed by atoms with Gasteiger partial charge >= 0.3 is 11.7 Å². The summed E-state index contributed by atoms with van der Waals surface area (Å²) in [5.74, 6) is -0.434. The summed E-state index contributed by atoms with van der Waals surface area (Å²) >= 11 is 5.72. The maximum Gasteiger partial charge on any atom is 0.310 e. The van der Waals surface area contributed by atoms with Gasteiger partial charge in [0.15, 0.2) is 0 Å². The Balaban J connectivity index is 2.98. The number of esters is 1. The molecule has 17 heavy (non-hydrogen) atoms. The Hall–Kier alpha value is -1.82. The Labute approximate surface area is 102 Å². The third kappa shape index (κ3) is 3.32. The smallest absolute Gasteiger partial charge is 0.310 e. The molecule has 92 valence electrons. The van der Waals surface area contributed by atoms with Gasteiger partial charge in [0, 0.05) is 0 Å². The molecule has 0 fully saturated rings. The normalized spacial score (nSPS) is 10.0. The van der Waals surface area contributed by atoms with Gasteiger partial charge in [0.05, 0.1) is 18.0 Å². The maximum absolute atomic E-state index is 11.2. The third-order valence-electron chi connectivity index (χ3n) is 1.99. The van der Waals surface area contributed by atoms with Crippen molar-refractivity contribution < 1.29 is 14.5 Å². The van der Waals surface area contributed by atoms with Crippen LogP contribution in [-0.4, -0.2) is 17.5 Å². The number of rotatable bonds is 4. The molecule has 0 heterocycles. The van der Waals surface area contributed by atoms with E-state index in [9.17, 15) is 14.9 Å². The Bertz CT molecular complexity index is 439. The van der Waals surface area contributed by atoms with E-state index in [0.29, 0.717) is 5.56 Å². The van der Waals surface area contributed by atoms with Crippen LogP contribution in [0.2, 0.25) is 5.02 Å². The van der Waals surface area contributed by atoms with E-state index >= 15 is 0 Å². The number of benzene rings is 1. The van der Waals surface area contributed by atoms with Gasteiger partial charge in [-0.25, -0.2) is 0 Å². The molecule has 0 aliphatic carbocycles. The molecule has 0 unspecified atom stereocenters. The van der Waals surface area contributed by atoms with E-state index in [1.165, 1.54) is 12.1 Å². The largest absolute Gasteiger partial charge is 0.466 e. The number of hydrogen-bond donors (Lipinski definition) is 1. The minimum atomic E-state index is -0.661. The maximum atomic E-state index is 11.2. The molecule has 0 aliphatic rings. The lowest BCUT2D eigenvalue weighted by molar-refractivity contribution is -0.383. The van der Waals surface area contributed by atoms with Crippen LogP contribution in [0.5, 0.6) is 0 Å². The molecule has 0 spiro atoms. The number of anilines is 1. The molecule has 0 atom stereocenters. The van der Waals surface area contributed by atoms with Crippen LogP contribution >= 0.6 is 11.6 Å². The first-order chi connectivity index (χ1) is 7.95. The number of hydrogen-bond acceptors (Lipinski definition) is 5. The van der Waals surface area contributed by atoms with Crippen LogP contribution in [-0.2, 0) is 16.0 Å². The fourth-order valence-corrected chi connectivity index (χ4v) is 1.67. The zero-order valence-corrected chi connectivity index (χ0v) is 9.86. The molecule has 1 aromatic carbocycles. The lowest BCUT2D eigenvalue weighted by Crippen LogP contribution is -2.08. The molecule has 1 rings (SSSR count). The van der Waals surface area contributed by atoms with E-state index in [1.807, 2.05) is 0 Å². The zero-order chi connectivity index (χ0) is 13.0. The number of halogens is 1. The van der Waals surface area contributed by atoms with Crippen molar-refractivity contribution in [2.24, 2.45) is 0 Å². The van der Waals surface area contributed by atoms with Gasteiger partial charge < -0.3 is 10.5 Å². The van der Waals surface area contributed by atoms with Crippen LogP contribution in [0.4, 0.5) is 11.4 Å². The highest BCUT2D eigenvalue weighted by molar-refractivity contribution is 6.33. The Morgan fingerprint density at radius 2 is 2.24 bits per heavy atom. The Kier molecular flexibility index (Phi) is 4.28. The van der Waals surface area contributed by atoms with Gasteiger partial charge in [-0.2, -0.15) is 0 Å². The van der Waals surface area contributed by atoms with Gasteiger partial charge in [-0.15, -0.1) is 0 Å². The van der Waals surface area contributed by atoms with Gasteiger partial charge in [0.25, 0.3) is 0 Å². The minimum Gasteiger partial charge on any atom is -0.466 e. The van der Waals surface area contributed by atoms with Crippen molar-refractivity contribution in [3.8, 4) is 0 Å². The number of nitrogens with two attached hydrogens (primary N) is 1. The quantitative estimate of drug-likeness (QED) is 0.385. The van der Waals surface area contributed by atoms with Gasteiger partial charge in [0.1, 0.15) is 10.7 Å². The average molecular weight is 259 g/mol. The summed E-state index contributed by atoms with van der Waals surface area (Å²) < 4.78 is 4.75. The average Bonchev–Trinajstić information content (AvgIpc) is 2.15. The van der Waals surface area contributed by atoms with E-state index in [4.69, 9.17) is 22.1 Å². The van der Waals surface area contributed by atoms with Crippen LogP contribution in [0.1, 0.15) is 12.5 Å². The molecule has 2 N–H and O–H groups in total. The summed E-state index contributed by atoms with van der Waals surface area (Å²) in [7, 11) is 0. The molecular weight excluding hydrogens is 248 g/mol. The van der Waals surface area contributed by atoms with Crippen molar-refractivity contribution in [1.29, 1.82) is 0 Å². The Morgan fingerprint density at radius 3 is 2.71 bits per heavy atom. The van der Waals surface area contributed by atoms with Crippen LogP contribution in [0, 0.1) is 10.1 Å². The first-order valence-electron chi connectivity index (χ1n) is 4.83. The van der Waals surface area contributed by atoms with Crippen molar-refractivity contribution in [1.82, 2.24) is 0 Å². The Morgan fingerprint density at radius 1 is 1.59 bits per heavy atom. The SMILES string of the molecule is CCOC(=O)Cc1cc(N)c([N+](=O)[O-])c(Cl)c1. The fourth-order valence-electron chi connectivity index (χ4n) is 1.35. The number of nitro benzene ring substituents is 1. The van der Waals surface area contributed by atoms with Crippen molar-refractivity contribution in [3.05, 3.63) is 32.8 Å². The van der Waals surface area contributed by atoms with Crippen LogP contribution in [0.25, 0.3) is 0 Å². The van der Waals surface area contributed by atoms with Crippen molar-refractivity contribution in [3.63, 3.8) is 0 Å². The van der Waals surface area contributed by atoms with Gasteiger partial charge in [-0.3, -0.25) is 14.9 Å². The highest BCUT2D eigenvalue weighted by Crippen LogP contribution is 2.32. The van der Waals surface area contributed by atoms with E-state index in [1.54, 1.807) is 6.92 Å². The van der Waals surface area contributed by atoms with Crippen LogP contribution < -0.4 is 5.73 Å². The summed E-state index contributed by atoms with van der Waals surface area (Å²) in [4.78, 5) is 21.2. The van der Waals surface area contributed by atoms with E-state index in [0.717, 1.165) is 0 Å². The minimum absolute atomic E-state index is 0.0181. The van der Waals surface area contributed by atoms with Crippen LogP contribution in [0.3, 0.4) is 0 Å². The molecule has 0 radical (unpaired) electrons. The molecular formula is C10H11ClN2O4. The summed E-state index contributed by atoms with van der Waals surface area (Å²) in [6.45, 7) is 1.96. The number of carbonyl (C=O) groups excluding carboxylic acids is 1. The molecule has 0 amide bonds. The first kappa shape index (κ1) is 13.2. The molecule has 0 aliphatic heterocycles. The molecule has 0 saturated carbocycles. The van der Waals surface area contributed by atoms with Gasteiger partial charge in [0.2, 0.25) is 0 Å². The third-order valence-corrected chi connectivity index (χ3v) is 2.28. The summed E-state index contributed by atoms with van der Waals surface area (Å²) in [6.07, 6.45) is -0.0181. The standard InChI is InChI=1S/C10H11ClN2O4/c1-2-17-9(14)5-6-3-7(11)10(13(15)16)8(12)4-6/h3-4H,2,5,12H2,1H3. The van der Waals surface area contributed by atoms with Crippen LogP contribution in [0.15, 0.2) is 12.1 Å². The van der Waals surface area contributed by atoms with Crippen molar-refractivity contribution in [2.45, 2.75) is 13.3 Å². The molecule has 7 heteroatoms. The lowest BCUT2D eigenvalue weighted by atomic mass is 10.1. The second-order valence-electron chi connectivity index (χ2n) is 3.25. The second-order valence-corrected chi connectivity index (χ2v) is 3.66. The van der Waals surface area contributed by atoms with E-state index < -0.39 is 10.9 Å². The van der Waals surface area contributed by atoms with E-state index in [-0.39, 0.29) is 29.4 Å². The summed E-state index contributed by atoms with van der Waals surface area (Å²) in [5.41, 5.74) is 5.56. The second kappa shape index (κ2) is 5.49. The number of nitrogen functional groups attached to an aromatic ring is 1. The lowest BCUT2D eigenvalue weighted by Gasteiger charge is -2.05. The number of nitro groups is 1. The predicted molar refractivity (Wildman–Crippen MR) is 62.9 cm³/mol. The molecule has 0 aromatic heterocycles. The summed E-state index contributed by atoms with van der Waals surface area (Å²) in [6, 6.07) is 2.69. The van der Waals surface area contributed by atoms with Gasteiger partial charge in [-0.1, -0.05) is 11.6 Å². The topological polar surface area (TPSA) is 95.5 Å². The molecule has 6 nitrogen and oxygen atoms in total. The van der Waals surface area contributed by atoms with E-state index in [2.05, 4.69) is 0 Å². The van der Waals surface area contributed by atoms with Crippen molar-refractivity contribution in [2.75, 3.05) is 12.3 Å². The zero-order valence-electron chi connectivity index (χ0n) is 9.10. The fraction of sp³-hybridized carbons (Fsp3) is 0.300. The summed E-state index contributed by atoms with van der Waals surface area (Å²) in [5, 5.41) is 10.5. The molecule has 0 bridgehead atoms. The highest BCUT2D eigenvalue weighted by atomic mass is 35.5. The predicted octanol–water partition coefficient (Wildman–Crippen LogP) is 1.94. The van der Waals surface area contributed by atoms with Crippen molar-refractivity contribution >= 4 is 28.9 Å². The number of ether oxygens (including phenoxy) is 1. The molecule has 1 aromatic rings. The van der Waals surface area contributed by atoms with Gasteiger partial charge in [-0.05, 0) is 24.6 Å². The molecule has 0 saturated heterocycles. The highest BCUT2D eigenvalue weighted by Gasteiger charge is 2.19. The number of carbonyl (C=O) groups is 1.